The fourth-order valence-corrected chi connectivity index (χ4v) is 1.61. The summed E-state index contributed by atoms with van der Waals surface area (Å²) in [7, 11) is 1.24. The van der Waals surface area contributed by atoms with Crippen LogP contribution >= 0.6 is 0 Å². The smallest absolute Gasteiger partial charge is 0.376 e. The number of aromatic nitrogens is 2. The van der Waals surface area contributed by atoms with Crippen LogP contribution in [0, 0.1) is 18.3 Å². The number of rotatable bonds is 3. The predicted octanol–water partition coefficient (Wildman–Crippen LogP) is 1.82. The molecule has 0 radical (unpaired) electrons. The Bertz CT molecular complexity index is 737. The normalized spacial score (nSPS) is 9.76. The van der Waals surface area contributed by atoms with Gasteiger partial charge in [0.1, 0.15) is 11.8 Å². The second-order valence-corrected chi connectivity index (χ2v) is 4.13. The van der Waals surface area contributed by atoms with E-state index in [1.807, 2.05) is 6.07 Å². The number of nitrogens with zero attached hydrogens (tertiary/aromatic N) is 3. The molecule has 7 nitrogen and oxygen atoms in total. The first-order chi connectivity index (χ1) is 10.0. The number of methoxy groups -OCH3 is 1. The van der Waals surface area contributed by atoms with E-state index in [-0.39, 0.29) is 17.3 Å². The molecular weight excluding hydrogens is 272 g/mol. The first-order valence-corrected chi connectivity index (χ1v) is 5.95. The van der Waals surface area contributed by atoms with Crippen molar-refractivity contribution in [2.24, 2.45) is 0 Å². The van der Waals surface area contributed by atoms with Gasteiger partial charge < -0.3 is 15.2 Å². The van der Waals surface area contributed by atoms with Crippen molar-refractivity contribution in [3.05, 3.63) is 41.3 Å². The van der Waals surface area contributed by atoms with Crippen LogP contribution in [0.3, 0.4) is 0 Å². The van der Waals surface area contributed by atoms with Crippen LogP contribution in [-0.2, 0) is 4.74 Å². The summed E-state index contributed by atoms with van der Waals surface area (Å²) in [6.07, 6.45) is 0. The minimum absolute atomic E-state index is 0.110. The largest absolute Gasteiger partial charge is 0.463 e. The lowest BCUT2D eigenvalue weighted by Gasteiger charge is -2.08. The zero-order valence-electron chi connectivity index (χ0n) is 11.5. The van der Waals surface area contributed by atoms with Crippen molar-refractivity contribution < 1.29 is 14.3 Å². The standard InChI is InChI=1S/C14H12N4O3/c1-8-5-12(18-13(17-8)14(19)20-2)21-11-4-3-10(16)6-9(11)7-15/h3-6H,16H2,1-2H3. The summed E-state index contributed by atoms with van der Waals surface area (Å²) in [6.45, 7) is 1.69. The number of aryl methyl sites for hydroxylation is 1. The van der Waals surface area contributed by atoms with Crippen molar-refractivity contribution in [2.75, 3.05) is 12.8 Å². The van der Waals surface area contributed by atoms with Crippen LogP contribution in [0.5, 0.6) is 11.6 Å². The maximum absolute atomic E-state index is 11.5. The van der Waals surface area contributed by atoms with Gasteiger partial charge in [0.05, 0.1) is 12.7 Å². The Morgan fingerprint density at radius 1 is 1.33 bits per heavy atom. The minimum atomic E-state index is -0.665. The van der Waals surface area contributed by atoms with E-state index >= 15 is 0 Å². The summed E-state index contributed by atoms with van der Waals surface area (Å²) >= 11 is 0. The number of benzene rings is 1. The summed E-state index contributed by atoms with van der Waals surface area (Å²) in [5.74, 6) is -0.340. The van der Waals surface area contributed by atoms with E-state index in [9.17, 15) is 4.79 Å². The van der Waals surface area contributed by atoms with Crippen LogP contribution in [0.25, 0.3) is 0 Å². The van der Waals surface area contributed by atoms with Gasteiger partial charge in [0.15, 0.2) is 0 Å². The Kier molecular flexibility index (Phi) is 4.00. The second kappa shape index (κ2) is 5.88. The zero-order valence-corrected chi connectivity index (χ0v) is 11.5. The second-order valence-electron chi connectivity index (χ2n) is 4.13. The van der Waals surface area contributed by atoms with Crippen molar-refractivity contribution in [2.45, 2.75) is 6.92 Å². The number of anilines is 1. The Labute approximate surface area is 121 Å². The molecule has 0 aliphatic carbocycles. The Morgan fingerprint density at radius 2 is 2.10 bits per heavy atom. The van der Waals surface area contributed by atoms with Gasteiger partial charge in [-0.05, 0) is 25.1 Å². The van der Waals surface area contributed by atoms with Gasteiger partial charge in [-0.25, -0.2) is 9.78 Å². The van der Waals surface area contributed by atoms with E-state index in [0.717, 1.165) is 0 Å². The minimum Gasteiger partial charge on any atom is -0.463 e. The summed E-state index contributed by atoms with van der Waals surface area (Å²) in [4.78, 5) is 19.4. The molecule has 0 atom stereocenters. The predicted molar refractivity (Wildman–Crippen MR) is 73.8 cm³/mol. The quantitative estimate of drug-likeness (QED) is 0.675. The molecular formula is C14H12N4O3. The van der Waals surface area contributed by atoms with E-state index in [4.69, 9.17) is 15.7 Å². The van der Waals surface area contributed by atoms with Crippen LogP contribution < -0.4 is 10.5 Å². The number of esters is 1. The molecule has 0 fully saturated rings. The highest BCUT2D eigenvalue weighted by Crippen LogP contribution is 2.25. The van der Waals surface area contributed by atoms with Gasteiger partial charge in [-0.2, -0.15) is 10.2 Å². The highest BCUT2D eigenvalue weighted by Gasteiger charge is 2.13. The van der Waals surface area contributed by atoms with Crippen LogP contribution in [0.1, 0.15) is 21.9 Å². The molecule has 0 saturated heterocycles. The summed E-state index contributed by atoms with van der Waals surface area (Å²) in [5.41, 5.74) is 6.87. The molecule has 21 heavy (non-hydrogen) atoms. The van der Waals surface area contributed by atoms with Gasteiger partial charge in [0.25, 0.3) is 0 Å². The summed E-state index contributed by atoms with van der Waals surface area (Å²) in [5, 5.41) is 9.06. The SMILES string of the molecule is COC(=O)c1nc(C)cc(Oc2ccc(N)cc2C#N)n1. The maximum Gasteiger partial charge on any atom is 0.376 e. The molecule has 0 saturated carbocycles. The van der Waals surface area contributed by atoms with E-state index in [0.29, 0.717) is 17.1 Å². The van der Waals surface area contributed by atoms with Gasteiger partial charge >= 0.3 is 5.97 Å². The van der Waals surface area contributed by atoms with E-state index in [1.54, 1.807) is 25.1 Å². The van der Waals surface area contributed by atoms with E-state index < -0.39 is 5.97 Å². The van der Waals surface area contributed by atoms with E-state index in [1.165, 1.54) is 13.2 Å². The van der Waals surface area contributed by atoms with Crippen molar-refractivity contribution in [3.63, 3.8) is 0 Å². The number of carbonyl (C=O) groups is 1. The number of carbonyl (C=O) groups excluding carboxylic acids is 1. The number of hydrogen-bond donors (Lipinski definition) is 1. The van der Waals surface area contributed by atoms with Gasteiger partial charge in [-0.3, -0.25) is 0 Å². The summed E-state index contributed by atoms with van der Waals surface area (Å²) in [6, 6.07) is 8.18. The number of ether oxygens (including phenoxy) is 2. The molecule has 0 aliphatic heterocycles. The monoisotopic (exact) mass is 284 g/mol. The third kappa shape index (κ3) is 3.25. The van der Waals surface area contributed by atoms with E-state index in [2.05, 4.69) is 14.7 Å². The zero-order chi connectivity index (χ0) is 15.4. The first-order valence-electron chi connectivity index (χ1n) is 5.95. The average molecular weight is 284 g/mol. The van der Waals surface area contributed by atoms with Crippen LogP contribution in [-0.4, -0.2) is 23.0 Å². The molecule has 106 valence electrons. The molecule has 0 aliphatic rings. The molecule has 1 aromatic heterocycles. The Morgan fingerprint density at radius 3 is 2.76 bits per heavy atom. The summed E-state index contributed by atoms with van der Waals surface area (Å²) < 4.78 is 10.1. The molecule has 0 bridgehead atoms. The van der Waals surface area contributed by atoms with Crippen molar-refractivity contribution in [3.8, 4) is 17.7 Å². The van der Waals surface area contributed by atoms with Crippen LogP contribution in [0.4, 0.5) is 5.69 Å². The Hall–Kier alpha value is -3.14. The molecule has 1 aromatic carbocycles. The number of nitriles is 1. The highest BCUT2D eigenvalue weighted by molar-refractivity contribution is 5.85. The fraction of sp³-hybridized carbons (Fsp3) is 0.143. The number of nitrogen functional groups attached to an aromatic ring is 1. The molecule has 1 heterocycles. The molecule has 2 rings (SSSR count). The van der Waals surface area contributed by atoms with Gasteiger partial charge in [-0.1, -0.05) is 0 Å². The van der Waals surface area contributed by atoms with Gasteiger partial charge in [-0.15, -0.1) is 0 Å². The third-order valence-electron chi connectivity index (χ3n) is 2.54. The van der Waals surface area contributed by atoms with Crippen LogP contribution in [0.15, 0.2) is 24.3 Å². The topological polar surface area (TPSA) is 111 Å². The fourth-order valence-electron chi connectivity index (χ4n) is 1.61. The van der Waals surface area contributed by atoms with Gasteiger partial charge in [0, 0.05) is 17.4 Å². The lowest BCUT2D eigenvalue weighted by atomic mass is 10.2. The molecule has 0 amide bonds. The lowest BCUT2D eigenvalue weighted by Crippen LogP contribution is -2.09. The lowest BCUT2D eigenvalue weighted by molar-refractivity contribution is 0.0585. The molecule has 2 N–H and O–H groups in total. The van der Waals surface area contributed by atoms with Gasteiger partial charge in [0.2, 0.25) is 11.7 Å². The van der Waals surface area contributed by atoms with Crippen molar-refractivity contribution in [1.29, 1.82) is 5.26 Å². The first kappa shape index (κ1) is 14.3. The third-order valence-corrected chi connectivity index (χ3v) is 2.54. The molecule has 2 aromatic rings. The molecule has 0 spiro atoms. The molecule has 0 unspecified atom stereocenters. The maximum atomic E-state index is 11.5. The average Bonchev–Trinajstić information content (AvgIpc) is 2.47. The van der Waals surface area contributed by atoms with Crippen LogP contribution in [0.2, 0.25) is 0 Å². The number of nitrogens with two attached hydrogens (primary N) is 1. The number of hydrogen-bond acceptors (Lipinski definition) is 7. The molecule has 7 heteroatoms. The Balaban J connectivity index is 2.38. The van der Waals surface area contributed by atoms with Crippen molar-refractivity contribution in [1.82, 2.24) is 9.97 Å². The van der Waals surface area contributed by atoms with Crippen molar-refractivity contribution >= 4 is 11.7 Å². The highest BCUT2D eigenvalue weighted by atomic mass is 16.5.